The molecular formula is C38H42N8O4. The number of nitriles is 1. The van der Waals surface area contributed by atoms with Crippen molar-refractivity contribution in [2.75, 3.05) is 54.1 Å². The van der Waals surface area contributed by atoms with Gasteiger partial charge in [-0.25, -0.2) is 5.01 Å². The largest absolute Gasteiger partial charge is 0.491 e. The zero-order valence-corrected chi connectivity index (χ0v) is 28.4. The van der Waals surface area contributed by atoms with E-state index in [1.54, 1.807) is 40.8 Å². The fourth-order valence-corrected chi connectivity index (χ4v) is 6.57. The molecule has 0 radical (unpaired) electrons. The molecule has 0 bridgehead atoms. The van der Waals surface area contributed by atoms with Gasteiger partial charge in [0.1, 0.15) is 24.8 Å². The van der Waals surface area contributed by atoms with Gasteiger partial charge in [-0.15, -0.1) is 0 Å². The fourth-order valence-electron chi connectivity index (χ4n) is 6.57. The first-order valence-electron chi connectivity index (χ1n) is 17.1. The van der Waals surface area contributed by atoms with Gasteiger partial charge in [-0.05, 0) is 85.6 Å². The van der Waals surface area contributed by atoms with Crippen molar-refractivity contribution in [2.45, 2.75) is 51.0 Å². The highest BCUT2D eigenvalue weighted by Gasteiger charge is 2.44. The average Bonchev–Trinajstić information content (AvgIpc) is 3.78. The lowest BCUT2D eigenvalue weighted by molar-refractivity contribution is -0.178. The number of aliphatic hydroxyl groups excluding tert-OH is 1. The van der Waals surface area contributed by atoms with Gasteiger partial charge in [0, 0.05) is 67.5 Å². The zero-order valence-electron chi connectivity index (χ0n) is 28.4. The van der Waals surface area contributed by atoms with Crippen LogP contribution in [0.5, 0.6) is 5.75 Å². The number of nitrogens with zero attached hydrogens (tertiary/aromatic N) is 8. The SMILES string of the molecule is CCC(C)N1N=CN(c2ccc(N3CCN(c4ccc(OC[C@@H]5CO[C@](Cc6ccnnc6)(c6ccc(C#N)cc6)O5)cc4)CC3)cc2)C1O. The summed E-state index contributed by atoms with van der Waals surface area (Å²) in [4.78, 5) is 6.58. The van der Waals surface area contributed by atoms with Gasteiger partial charge in [0.2, 0.25) is 6.35 Å². The molecule has 4 atom stereocenters. The molecule has 12 heteroatoms. The van der Waals surface area contributed by atoms with Crippen LogP contribution < -0.4 is 19.4 Å². The molecule has 3 aliphatic rings. The Bertz CT molecular complexity index is 1780. The quantitative estimate of drug-likeness (QED) is 0.238. The van der Waals surface area contributed by atoms with E-state index in [0.717, 1.165) is 60.9 Å². The number of aromatic nitrogens is 2. The highest BCUT2D eigenvalue weighted by atomic mass is 16.8. The van der Waals surface area contributed by atoms with Crippen LogP contribution in [0.1, 0.15) is 37.0 Å². The maximum absolute atomic E-state index is 10.8. The molecule has 0 amide bonds. The second-order valence-electron chi connectivity index (χ2n) is 12.8. The van der Waals surface area contributed by atoms with Gasteiger partial charge in [-0.2, -0.15) is 20.6 Å². The number of rotatable bonds is 11. The molecule has 0 saturated carbocycles. The number of anilines is 3. The summed E-state index contributed by atoms with van der Waals surface area (Å²) in [6.45, 7) is 8.48. The van der Waals surface area contributed by atoms with E-state index >= 15 is 0 Å². The zero-order chi connectivity index (χ0) is 34.5. The van der Waals surface area contributed by atoms with Crippen molar-refractivity contribution >= 4 is 23.4 Å². The molecule has 0 aliphatic carbocycles. The maximum atomic E-state index is 10.8. The average molecular weight is 675 g/mol. The van der Waals surface area contributed by atoms with E-state index in [0.29, 0.717) is 25.2 Å². The Balaban J connectivity index is 0.909. The van der Waals surface area contributed by atoms with Crippen molar-refractivity contribution in [3.63, 3.8) is 0 Å². The van der Waals surface area contributed by atoms with Gasteiger partial charge in [0.15, 0.2) is 5.79 Å². The molecule has 2 saturated heterocycles. The molecule has 3 aromatic carbocycles. The molecule has 2 unspecified atom stereocenters. The van der Waals surface area contributed by atoms with Gasteiger partial charge >= 0.3 is 0 Å². The molecule has 258 valence electrons. The van der Waals surface area contributed by atoms with Crippen LogP contribution in [-0.2, 0) is 21.7 Å². The Labute approximate surface area is 292 Å². The van der Waals surface area contributed by atoms with E-state index in [-0.39, 0.29) is 12.1 Å². The molecule has 1 aromatic heterocycles. The van der Waals surface area contributed by atoms with E-state index in [2.05, 4.69) is 69.3 Å². The second-order valence-corrected chi connectivity index (χ2v) is 12.8. The van der Waals surface area contributed by atoms with Crippen molar-refractivity contribution in [3.05, 3.63) is 108 Å². The first-order valence-corrected chi connectivity index (χ1v) is 17.1. The maximum Gasteiger partial charge on any atom is 0.228 e. The highest BCUT2D eigenvalue weighted by molar-refractivity contribution is 5.81. The lowest BCUT2D eigenvalue weighted by Crippen LogP contribution is -2.46. The number of hydrogen-bond acceptors (Lipinski definition) is 12. The second kappa shape index (κ2) is 14.7. The Morgan fingerprint density at radius 2 is 1.58 bits per heavy atom. The fraction of sp³-hybridized carbons (Fsp3) is 0.368. The Morgan fingerprint density at radius 1 is 0.920 bits per heavy atom. The predicted molar refractivity (Wildman–Crippen MR) is 191 cm³/mol. The molecule has 3 aliphatic heterocycles. The third kappa shape index (κ3) is 7.07. The van der Waals surface area contributed by atoms with Crippen LogP contribution in [0.4, 0.5) is 17.1 Å². The van der Waals surface area contributed by atoms with Gasteiger partial charge in [0.05, 0.1) is 24.4 Å². The van der Waals surface area contributed by atoms with E-state index in [9.17, 15) is 10.4 Å². The summed E-state index contributed by atoms with van der Waals surface area (Å²) in [7, 11) is 0. The van der Waals surface area contributed by atoms with Crippen LogP contribution >= 0.6 is 0 Å². The van der Waals surface area contributed by atoms with Crippen LogP contribution in [0.15, 0.2) is 96.4 Å². The number of ether oxygens (including phenoxy) is 3. The molecule has 12 nitrogen and oxygen atoms in total. The molecule has 0 spiro atoms. The Morgan fingerprint density at radius 3 is 2.20 bits per heavy atom. The minimum atomic E-state index is -1.01. The van der Waals surface area contributed by atoms with Crippen molar-refractivity contribution in [1.29, 1.82) is 5.26 Å². The van der Waals surface area contributed by atoms with Gasteiger partial charge in [-0.3, -0.25) is 4.90 Å². The van der Waals surface area contributed by atoms with E-state index in [1.165, 1.54) is 5.69 Å². The monoisotopic (exact) mass is 674 g/mol. The minimum Gasteiger partial charge on any atom is -0.491 e. The molecule has 2 fully saturated rings. The summed E-state index contributed by atoms with van der Waals surface area (Å²) in [5.41, 5.74) is 5.59. The first kappa shape index (κ1) is 33.3. The minimum absolute atomic E-state index is 0.164. The first-order chi connectivity index (χ1) is 24.4. The van der Waals surface area contributed by atoms with Crippen molar-refractivity contribution < 1.29 is 19.3 Å². The van der Waals surface area contributed by atoms with E-state index in [4.69, 9.17) is 14.2 Å². The van der Waals surface area contributed by atoms with Gasteiger partial charge in [0.25, 0.3) is 0 Å². The van der Waals surface area contributed by atoms with Crippen molar-refractivity contribution in [3.8, 4) is 11.8 Å². The van der Waals surface area contributed by atoms with Crippen molar-refractivity contribution in [1.82, 2.24) is 15.2 Å². The lowest BCUT2D eigenvalue weighted by Gasteiger charge is -2.37. The molecule has 50 heavy (non-hydrogen) atoms. The molecule has 4 aromatic rings. The topological polar surface area (TPSA) is 123 Å². The van der Waals surface area contributed by atoms with Crippen LogP contribution in [0, 0.1) is 11.3 Å². The van der Waals surface area contributed by atoms with Crippen LogP contribution in [0.2, 0.25) is 0 Å². The van der Waals surface area contributed by atoms with Crippen LogP contribution in [0.3, 0.4) is 0 Å². The van der Waals surface area contributed by atoms with Gasteiger partial charge in [-0.1, -0.05) is 19.1 Å². The summed E-state index contributed by atoms with van der Waals surface area (Å²) in [6.07, 6.45) is 5.35. The number of aliphatic hydroxyl groups is 1. The van der Waals surface area contributed by atoms with E-state index in [1.807, 2.05) is 42.5 Å². The highest BCUT2D eigenvalue weighted by Crippen LogP contribution is 2.38. The standard InChI is InChI=1S/C38H42N8O4/c1-3-28(2)46-37(47)45(27-42-46)34-10-8-32(9-11-34)43-18-20-44(21-19-43)33-12-14-35(15-13-33)48-25-36-26-49-38(50-36,22-30-16-17-40-41-24-30)31-6-4-29(23-39)5-7-31/h4-17,24,27-28,36-37,47H,3,18-22,25-26H2,1-2H3/t28?,36-,37?,38+/m1/s1. The smallest absolute Gasteiger partial charge is 0.228 e. The van der Waals surface area contributed by atoms with E-state index < -0.39 is 12.1 Å². The predicted octanol–water partition coefficient (Wildman–Crippen LogP) is 4.70. The summed E-state index contributed by atoms with van der Waals surface area (Å²) in [6, 6.07) is 28.1. The third-order valence-electron chi connectivity index (χ3n) is 9.66. The van der Waals surface area contributed by atoms with Gasteiger partial charge < -0.3 is 29.1 Å². The van der Waals surface area contributed by atoms with Crippen LogP contribution in [0.25, 0.3) is 0 Å². The van der Waals surface area contributed by atoms with Crippen LogP contribution in [-0.4, -0.2) is 84.5 Å². The molecule has 1 N–H and O–H groups in total. The summed E-state index contributed by atoms with van der Waals surface area (Å²) in [5.74, 6) is -0.245. The Hall–Kier alpha value is -5.22. The number of piperazine rings is 1. The molecule has 7 rings (SSSR count). The lowest BCUT2D eigenvalue weighted by atomic mass is 9.97. The van der Waals surface area contributed by atoms with Crippen molar-refractivity contribution in [2.24, 2.45) is 5.10 Å². The Kier molecular flexibility index (Phi) is 9.80. The number of hydrazone groups is 1. The normalized spacial score (nSPS) is 22.5. The summed E-state index contributed by atoms with van der Waals surface area (Å²) in [5, 5.41) is 34.0. The third-order valence-corrected chi connectivity index (χ3v) is 9.66. The molecular weight excluding hydrogens is 632 g/mol. The molecule has 4 heterocycles. The summed E-state index contributed by atoms with van der Waals surface area (Å²) < 4.78 is 19.0. The number of hydrogen-bond donors (Lipinski definition) is 1. The number of benzene rings is 3. The summed E-state index contributed by atoms with van der Waals surface area (Å²) >= 11 is 0.